The summed E-state index contributed by atoms with van der Waals surface area (Å²) in [6, 6.07) is 18.0. The van der Waals surface area contributed by atoms with Gasteiger partial charge in [-0.05, 0) is 37.5 Å². The van der Waals surface area contributed by atoms with E-state index in [9.17, 15) is 4.79 Å². The summed E-state index contributed by atoms with van der Waals surface area (Å²) in [5, 5.41) is 9.39. The van der Waals surface area contributed by atoms with Crippen LogP contribution in [0.4, 0.5) is 5.69 Å². The zero-order chi connectivity index (χ0) is 20.5. The van der Waals surface area contributed by atoms with Gasteiger partial charge in [-0.15, -0.1) is 0 Å². The number of amides is 1. The number of anilines is 1. The molecule has 1 fully saturated rings. The van der Waals surface area contributed by atoms with Crippen LogP contribution in [-0.4, -0.2) is 38.1 Å². The Morgan fingerprint density at radius 2 is 1.90 bits per heavy atom. The van der Waals surface area contributed by atoms with Crippen LogP contribution in [0, 0.1) is 0 Å². The molecule has 1 amide bonds. The largest absolute Gasteiger partial charge is 0.492 e. The Kier molecular flexibility index (Phi) is 7.11. The Labute approximate surface area is 172 Å². The van der Waals surface area contributed by atoms with Gasteiger partial charge in [0.05, 0.1) is 13.1 Å². The molecule has 0 aromatic heterocycles. The quantitative estimate of drug-likeness (QED) is 0.347. The minimum atomic E-state index is -0.0979. The molecule has 2 aromatic carbocycles. The van der Waals surface area contributed by atoms with Gasteiger partial charge in [-0.1, -0.05) is 36.4 Å². The number of carbonyl (C=O) groups excluding carboxylic acids is 1. The molecular weight excluding hydrogens is 364 g/mol. The average Bonchev–Trinajstić information content (AvgIpc) is 3.51. The van der Waals surface area contributed by atoms with Crippen LogP contribution >= 0.6 is 0 Å². The van der Waals surface area contributed by atoms with Crippen molar-refractivity contribution in [2.75, 3.05) is 31.6 Å². The Morgan fingerprint density at radius 3 is 2.59 bits per heavy atom. The summed E-state index contributed by atoms with van der Waals surface area (Å²) in [6.45, 7) is 6.27. The second kappa shape index (κ2) is 9.96. The van der Waals surface area contributed by atoms with Crippen molar-refractivity contribution in [2.24, 2.45) is 4.99 Å². The Balaban J connectivity index is 1.49. The number of carbonyl (C=O) groups is 1. The summed E-state index contributed by atoms with van der Waals surface area (Å²) in [6.07, 6.45) is 2.38. The molecule has 1 aliphatic carbocycles. The topological polar surface area (TPSA) is 74.8 Å². The molecule has 0 bridgehead atoms. The molecule has 29 heavy (non-hydrogen) atoms. The van der Waals surface area contributed by atoms with Crippen molar-refractivity contribution in [3.63, 3.8) is 0 Å². The Hall–Kier alpha value is -3.02. The fourth-order valence-electron chi connectivity index (χ4n) is 3.26. The van der Waals surface area contributed by atoms with E-state index < -0.39 is 0 Å². The number of hydrogen-bond acceptors (Lipinski definition) is 3. The van der Waals surface area contributed by atoms with Gasteiger partial charge in [0.25, 0.3) is 0 Å². The number of nitrogens with zero attached hydrogens (tertiary/aromatic N) is 1. The highest BCUT2D eigenvalue weighted by Gasteiger charge is 2.43. The van der Waals surface area contributed by atoms with Gasteiger partial charge < -0.3 is 20.7 Å². The molecule has 154 valence electrons. The second-order valence-electron chi connectivity index (χ2n) is 7.33. The summed E-state index contributed by atoms with van der Waals surface area (Å²) in [5.41, 5.74) is 2.31. The van der Waals surface area contributed by atoms with Crippen molar-refractivity contribution in [3.05, 3.63) is 60.2 Å². The van der Waals surface area contributed by atoms with Crippen LogP contribution in [-0.2, 0) is 10.2 Å². The minimum Gasteiger partial charge on any atom is -0.492 e. The third kappa shape index (κ3) is 6.24. The maximum Gasteiger partial charge on any atom is 0.221 e. The summed E-state index contributed by atoms with van der Waals surface area (Å²) < 4.78 is 5.79. The Bertz CT molecular complexity index is 832. The lowest BCUT2D eigenvalue weighted by Crippen LogP contribution is -2.39. The van der Waals surface area contributed by atoms with Crippen LogP contribution < -0.4 is 20.7 Å². The average molecular weight is 395 g/mol. The summed E-state index contributed by atoms with van der Waals surface area (Å²) >= 11 is 0. The molecule has 0 radical (unpaired) electrons. The highest BCUT2D eigenvalue weighted by Crippen LogP contribution is 2.48. The van der Waals surface area contributed by atoms with E-state index in [1.807, 2.05) is 24.3 Å². The first kappa shape index (κ1) is 20.7. The smallest absolute Gasteiger partial charge is 0.221 e. The minimum absolute atomic E-state index is 0.0979. The van der Waals surface area contributed by atoms with E-state index in [1.165, 1.54) is 25.3 Å². The van der Waals surface area contributed by atoms with E-state index in [2.05, 4.69) is 53.2 Å². The number of benzene rings is 2. The lowest BCUT2D eigenvalue weighted by Gasteiger charge is -2.16. The van der Waals surface area contributed by atoms with Crippen molar-refractivity contribution in [1.29, 1.82) is 0 Å². The number of ether oxygens (including phenoxy) is 1. The van der Waals surface area contributed by atoms with Crippen molar-refractivity contribution in [1.82, 2.24) is 10.6 Å². The van der Waals surface area contributed by atoms with Crippen molar-refractivity contribution >= 4 is 17.6 Å². The number of hydrogen-bond donors (Lipinski definition) is 3. The van der Waals surface area contributed by atoms with Crippen LogP contribution in [0.3, 0.4) is 0 Å². The van der Waals surface area contributed by atoms with Gasteiger partial charge in [0.2, 0.25) is 5.91 Å². The molecule has 1 aliphatic rings. The summed E-state index contributed by atoms with van der Waals surface area (Å²) in [4.78, 5) is 16.0. The van der Waals surface area contributed by atoms with Gasteiger partial charge in [0.1, 0.15) is 12.4 Å². The molecule has 1 saturated carbocycles. The van der Waals surface area contributed by atoms with Gasteiger partial charge in [-0.2, -0.15) is 0 Å². The molecule has 6 heteroatoms. The maximum absolute atomic E-state index is 11.2. The molecule has 0 atom stereocenters. The highest BCUT2D eigenvalue weighted by molar-refractivity contribution is 5.88. The van der Waals surface area contributed by atoms with E-state index in [4.69, 9.17) is 9.73 Å². The molecule has 0 unspecified atom stereocenters. The molecule has 0 aliphatic heterocycles. The van der Waals surface area contributed by atoms with Gasteiger partial charge in [0.15, 0.2) is 5.96 Å². The third-order valence-corrected chi connectivity index (χ3v) is 4.94. The molecular formula is C23H30N4O2. The van der Waals surface area contributed by atoms with Gasteiger partial charge in [-0.3, -0.25) is 9.79 Å². The molecule has 0 saturated heterocycles. The summed E-state index contributed by atoms with van der Waals surface area (Å²) in [7, 11) is 0. The first-order valence-corrected chi connectivity index (χ1v) is 10.2. The van der Waals surface area contributed by atoms with Crippen LogP contribution in [0.25, 0.3) is 0 Å². The van der Waals surface area contributed by atoms with Crippen molar-refractivity contribution < 1.29 is 9.53 Å². The maximum atomic E-state index is 11.2. The fourth-order valence-corrected chi connectivity index (χ4v) is 3.26. The standard InChI is InChI=1S/C23H30N4O2/c1-3-24-22(26-17-23(12-13-23)19-8-5-4-6-9-19)25-14-15-29-21-11-7-10-20(16-21)27-18(2)28/h4-11,16H,3,12-15,17H2,1-2H3,(H,27,28)(H2,24,25,26). The third-order valence-electron chi connectivity index (χ3n) is 4.94. The van der Waals surface area contributed by atoms with E-state index in [0.29, 0.717) is 13.2 Å². The number of rotatable bonds is 9. The fraction of sp³-hybridized carbons (Fsp3) is 0.391. The molecule has 6 nitrogen and oxygen atoms in total. The monoisotopic (exact) mass is 394 g/mol. The lowest BCUT2D eigenvalue weighted by atomic mass is 9.96. The normalized spacial score (nSPS) is 14.8. The molecule has 2 aromatic rings. The summed E-state index contributed by atoms with van der Waals surface area (Å²) in [5.74, 6) is 1.44. The predicted molar refractivity (Wildman–Crippen MR) is 118 cm³/mol. The SMILES string of the molecule is CCNC(=NCC1(c2ccccc2)CC1)NCCOc1cccc(NC(C)=O)c1. The van der Waals surface area contributed by atoms with E-state index in [-0.39, 0.29) is 11.3 Å². The first-order chi connectivity index (χ1) is 14.1. The van der Waals surface area contributed by atoms with E-state index >= 15 is 0 Å². The Morgan fingerprint density at radius 1 is 1.10 bits per heavy atom. The lowest BCUT2D eigenvalue weighted by molar-refractivity contribution is -0.114. The number of nitrogens with one attached hydrogen (secondary N) is 3. The number of aliphatic imine (C=N–C) groups is 1. The van der Waals surface area contributed by atoms with Crippen LogP contribution in [0.15, 0.2) is 59.6 Å². The van der Waals surface area contributed by atoms with Gasteiger partial charge >= 0.3 is 0 Å². The molecule has 0 spiro atoms. The van der Waals surface area contributed by atoms with E-state index in [0.717, 1.165) is 30.5 Å². The first-order valence-electron chi connectivity index (χ1n) is 10.2. The molecule has 3 N–H and O–H groups in total. The van der Waals surface area contributed by atoms with Gasteiger partial charge in [0, 0.05) is 30.6 Å². The number of guanidine groups is 1. The van der Waals surface area contributed by atoms with Crippen LogP contribution in [0.5, 0.6) is 5.75 Å². The second-order valence-corrected chi connectivity index (χ2v) is 7.33. The van der Waals surface area contributed by atoms with Crippen LogP contribution in [0.1, 0.15) is 32.3 Å². The van der Waals surface area contributed by atoms with Gasteiger partial charge in [-0.25, -0.2) is 0 Å². The van der Waals surface area contributed by atoms with Crippen molar-refractivity contribution in [3.8, 4) is 5.75 Å². The molecule has 0 heterocycles. The zero-order valence-corrected chi connectivity index (χ0v) is 17.2. The highest BCUT2D eigenvalue weighted by atomic mass is 16.5. The molecule has 3 rings (SSSR count). The van der Waals surface area contributed by atoms with E-state index in [1.54, 1.807) is 0 Å². The predicted octanol–water partition coefficient (Wildman–Crippen LogP) is 3.31. The van der Waals surface area contributed by atoms with Crippen molar-refractivity contribution in [2.45, 2.75) is 32.1 Å². The zero-order valence-electron chi connectivity index (χ0n) is 17.2. The van der Waals surface area contributed by atoms with Crippen LogP contribution in [0.2, 0.25) is 0 Å².